The first-order chi connectivity index (χ1) is 11.4. The average Bonchev–Trinajstić information content (AvgIpc) is 3.33. The molecule has 1 saturated carbocycles. The molecule has 7 heteroatoms. The maximum atomic E-state index is 13.8. The summed E-state index contributed by atoms with van der Waals surface area (Å²) in [5, 5.41) is 0. The number of hydrogen-bond donors (Lipinski definition) is 0. The normalized spacial score (nSPS) is 19.8. The van der Waals surface area contributed by atoms with E-state index in [1.54, 1.807) is 18.2 Å². The predicted octanol–water partition coefficient (Wildman–Crippen LogP) is 3.92. The van der Waals surface area contributed by atoms with E-state index < -0.39 is 36.3 Å². The molecule has 0 radical (unpaired) electrons. The highest BCUT2D eigenvalue weighted by Crippen LogP contribution is 2.49. The van der Waals surface area contributed by atoms with E-state index in [0.29, 0.717) is 16.9 Å². The third kappa shape index (κ3) is 3.55. The largest absolute Gasteiger partial charge is 0.406 e. The number of alkyl halides is 3. The molecule has 126 valence electrons. The molecule has 24 heavy (non-hydrogen) atoms. The van der Waals surface area contributed by atoms with E-state index in [2.05, 4.69) is 4.98 Å². The SMILES string of the molecule is O=C([C@@H]1C[C@H]1c1ccccc1F)N(CC(F)(F)F)c1ccccn1. The van der Waals surface area contributed by atoms with E-state index in [-0.39, 0.29) is 5.82 Å². The number of halogens is 4. The van der Waals surface area contributed by atoms with Crippen molar-refractivity contribution >= 4 is 11.7 Å². The zero-order valence-corrected chi connectivity index (χ0v) is 12.5. The minimum Gasteiger partial charge on any atom is -0.287 e. The smallest absolute Gasteiger partial charge is 0.287 e. The molecule has 2 atom stereocenters. The Bertz CT molecular complexity index is 733. The highest BCUT2D eigenvalue weighted by molar-refractivity contribution is 5.96. The Labute approximate surface area is 135 Å². The van der Waals surface area contributed by atoms with E-state index in [1.807, 2.05) is 0 Å². The lowest BCUT2D eigenvalue weighted by atomic mass is 10.1. The molecular formula is C17H14F4N2O. The number of pyridine rings is 1. The van der Waals surface area contributed by atoms with Crippen LogP contribution in [0.1, 0.15) is 17.9 Å². The number of amides is 1. The van der Waals surface area contributed by atoms with Crippen LogP contribution < -0.4 is 4.90 Å². The van der Waals surface area contributed by atoms with Crippen LogP contribution in [0.25, 0.3) is 0 Å². The lowest BCUT2D eigenvalue weighted by Gasteiger charge is -2.23. The molecule has 3 rings (SSSR count). The lowest BCUT2D eigenvalue weighted by molar-refractivity contribution is -0.133. The Balaban J connectivity index is 1.82. The highest BCUT2D eigenvalue weighted by atomic mass is 19.4. The van der Waals surface area contributed by atoms with Gasteiger partial charge in [-0.15, -0.1) is 0 Å². The summed E-state index contributed by atoms with van der Waals surface area (Å²) in [6.45, 7) is -1.41. The Morgan fingerprint density at radius 1 is 1.17 bits per heavy atom. The summed E-state index contributed by atoms with van der Waals surface area (Å²) in [7, 11) is 0. The number of aromatic nitrogens is 1. The van der Waals surface area contributed by atoms with Gasteiger partial charge in [0.1, 0.15) is 18.2 Å². The summed E-state index contributed by atoms with van der Waals surface area (Å²) in [6.07, 6.45) is -2.89. The summed E-state index contributed by atoms with van der Waals surface area (Å²) in [6, 6.07) is 10.4. The average molecular weight is 338 g/mol. The zero-order chi connectivity index (χ0) is 17.3. The van der Waals surface area contributed by atoms with E-state index in [0.717, 1.165) is 0 Å². The first kappa shape index (κ1) is 16.4. The molecule has 0 spiro atoms. The molecule has 1 aromatic heterocycles. The quantitative estimate of drug-likeness (QED) is 0.792. The number of carbonyl (C=O) groups excluding carboxylic acids is 1. The van der Waals surface area contributed by atoms with Crippen LogP contribution in [-0.4, -0.2) is 23.6 Å². The molecule has 0 unspecified atom stereocenters. The molecule has 0 aliphatic heterocycles. The van der Waals surface area contributed by atoms with Crippen molar-refractivity contribution in [1.82, 2.24) is 4.98 Å². The summed E-state index contributed by atoms with van der Waals surface area (Å²) >= 11 is 0. The van der Waals surface area contributed by atoms with Gasteiger partial charge in [-0.1, -0.05) is 24.3 Å². The van der Waals surface area contributed by atoms with Crippen molar-refractivity contribution in [3.63, 3.8) is 0 Å². The van der Waals surface area contributed by atoms with Gasteiger partial charge in [0.2, 0.25) is 5.91 Å². The molecule has 1 heterocycles. The van der Waals surface area contributed by atoms with Gasteiger partial charge in [-0.05, 0) is 36.1 Å². The maximum absolute atomic E-state index is 13.8. The molecule has 3 nitrogen and oxygen atoms in total. The van der Waals surface area contributed by atoms with Gasteiger partial charge in [0.05, 0.1) is 0 Å². The Kier molecular flexibility index (Phi) is 4.26. The number of benzene rings is 1. The van der Waals surface area contributed by atoms with Crippen LogP contribution >= 0.6 is 0 Å². The highest BCUT2D eigenvalue weighted by Gasteiger charge is 2.49. The first-order valence-corrected chi connectivity index (χ1v) is 7.40. The minimum atomic E-state index is -4.55. The summed E-state index contributed by atoms with van der Waals surface area (Å²) in [5.41, 5.74) is 0.365. The van der Waals surface area contributed by atoms with Crippen molar-refractivity contribution in [3.8, 4) is 0 Å². The second kappa shape index (κ2) is 6.22. The first-order valence-electron chi connectivity index (χ1n) is 7.40. The van der Waals surface area contributed by atoms with Gasteiger partial charge >= 0.3 is 6.18 Å². The van der Waals surface area contributed by atoms with Crippen LogP contribution in [0.2, 0.25) is 0 Å². The van der Waals surface area contributed by atoms with Crippen molar-refractivity contribution < 1.29 is 22.4 Å². The number of carbonyl (C=O) groups is 1. The molecule has 1 aliphatic carbocycles. The zero-order valence-electron chi connectivity index (χ0n) is 12.5. The number of hydrogen-bond acceptors (Lipinski definition) is 2. The molecule has 1 fully saturated rings. The van der Waals surface area contributed by atoms with Crippen LogP contribution in [-0.2, 0) is 4.79 Å². The molecule has 1 aliphatic rings. The predicted molar refractivity (Wildman–Crippen MR) is 79.9 cm³/mol. The lowest BCUT2D eigenvalue weighted by Crippen LogP contribution is -2.40. The van der Waals surface area contributed by atoms with Gasteiger partial charge in [-0.25, -0.2) is 9.37 Å². The third-order valence-corrected chi connectivity index (χ3v) is 3.94. The van der Waals surface area contributed by atoms with E-state index in [4.69, 9.17) is 0 Å². The van der Waals surface area contributed by atoms with Gasteiger partial charge in [-0.3, -0.25) is 9.69 Å². The van der Waals surface area contributed by atoms with Crippen LogP contribution in [0.3, 0.4) is 0 Å². The number of nitrogens with zero attached hydrogens (tertiary/aromatic N) is 2. The summed E-state index contributed by atoms with van der Waals surface area (Å²) < 4.78 is 52.3. The van der Waals surface area contributed by atoms with Gasteiger partial charge in [0.15, 0.2) is 0 Å². The topological polar surface area (TPSA) is 33.2 Å². The van der Waals surface area contributed by atoms with Crippen molar-refractivity contribution in [1.29, 1.82) is 0 Å². The van der Waals surface area contributed by atoms with Crippen LogP contribution in [0.15, 0.2) is 48.7 Å². The molecular weight excluding hydrogens is 324 g/mol. The van der Waals surface area contributed by atoms with Crippen molar-refractivity contribution in [2.45, 2.75) is 18.5 Å². The van der Waals surface area contributed by atoms with Crippen molar-refractivity contribution in [3.05, 3.63) is 60.0 Å². The fourth-order valence-corrected chi connectivity index (χ4v) is 2.75. The molecule has 1 aromatic carbocycles. The standard InChI is InChI=1S/C17H14F4N2O/c18-14-6-2-1-5-11(14)12-9-13(12)16(24)23(10-17(19,20)21)15-7-3-4-8-22-15/h1-8,12-13H,9-10H2/t12-,13+/m0/s1. The summed E-state index contributed by atoms with van der Waals surface area (Å²) in [5.74, 6) is -2.24. The van der Waals surface area contributed by atoms with Gasteiger partial charge in [-0.2, -0.15) is 13.2 Å². The Hall–Kier alpha value is -2.44. The van der Waals surface area contributed by atoms with Gasteiger partial charge in [0, 0.05) is 12.1 Å². The third-order valence-electron chi connectivity index (χ3n) is 3.94. The van der Waals surface area contributed by atoms with Crippen molar-refractivity contribution in [2.24, 2.45) is 5.92 Å². The second-order valence-corrected chi connectivity index (χ2v) is 5.70. The van der Waals surface area contributed by atoms with E-state index in [9.17, 15) is 22.4 Å². The van der Waals surface area contributed by atoms with Crippen LogP contribution in [0.5, 0.6) is 0 Å². The monoisotopic (exact) mass is 338 g/mol. The Morgan fingerprint density at radius 2 is 1.88 bits per heavy atom. The molecule has 2 aromatic rings. The number of anilines is 1. The molecule has 0 bridgehead atoms. The molecule has 1 amide bonds. The Morgan fingerprint density at radius 3 is 2.50 bits per heavy atom. The molecule has 0 saturated heterocycles. The number of rotatable bonds is 4. The molecule has 0 N–H and O–H groups in total. The van der Waals surface area contributed by atoms with Crippen LogP contribution in [0.4, 0.5) is 23.4 Å². The van der Waals surface area contributed by atoms with Crippen molar-refractivity contribution in [2.75, 3.05) is 11.4 Å². The van der Waals surface area contributed by atoms with Gasteiger partial charge in [0.25, 0.3) is 0 Å². The second-order valence-electron chi connectivity index (χ2n) is 5.70. The fraction of sp³-hybridized carbons (Fsp3) is 0.294. The van der Waals surface area contributed by atoms with Gasteiger partial charge < -0.3 is 0 Å². The maximum Gasteiger partial charge on any atom is 0.406 e. The van der Waals surface area contributed by atoms with Crippen LogP contribution in [0, 0.1) is 11.7 Å². The van der Waals surface area contributed by atoms with E-state index >= 15 is 0 Å². The summed E-state index contributed by atoms with van der Waals surface area (Å²) in [4.78, 5) is 17.0. The minimum absolute atomic E-state index is 0.0565. The fourth-order valence-electron chi connectivity index (χ4n) is 2.75. The van der Waals surface area contributed by atoms with E-state index in [1.165, 1.54) is 30.5 Å².